The summed E-state index contributed by atoms with van der Waals surface area (Å²) >= 11 is 0. The Morgan fingerprint density at radius 3 is 2.70 bits per heavy atom. The lowest BCUT2D eigenvalue weighted by atomic mass is 10.0. The average molecular weight is 145 g/mol. The van der Waals surface area contributed by atoms with Crippen LogP contribution in [0.25, 0.3) is 0 Å². The van der Waals surface area contributed by atoms with E-state index in [1.54, 1.807) is 6.92 Å². The molecule has 3 atom stereocenters. The predicted octanol–water partition coefficient (Wildman–Crippen LogP) is -1.38. The molecule has 0 aromatic rings. The molecule has 0 spiro atoms. The van der Waals surface area contributed by atoms with Crippen molar-refractivity contribution in [2.45, 2.75) is 31.6 Å². The van der Waals surface area contributed by atoms with Crippen LogP contribution in [-0.4, -0.2) is 34.4 Å². The second-order valence-electron chi connectivity index (χ2n) is 2.62. The Morgan fingerprint density at radius 2 is 2.20 bits per heavy atom. The van der Waals surface area contributed by atoms with E-state index in [1.165, 1.54) is 0 Å². The van der Waals surface area contributed by atoms with E-state index in [0.717, 1.165) is 0 Å². The number of aliphatic hydroxyl groups excluding tert-OH is 2. The molecule has 0 saturated carbocycles. The fourth-order valence-electron chi connectivity index (χ4n) is 0.957. The molecule has 58 valence electrons. The maximum absolute atomic E-state index is 10.7. The third-order valence-corrected chi connectivity index (χ3v) is 1.71. The van der Waals surface area contributed by atoms with Crippen molar-refractivity contribution in [3.63, 3.8) is 0 Å². The van der Waals surface area contributed by atoms with Crippen molar-refractivity contribution < 1.29 is 15.0 Å². The van der Waals surface area contributed by atoms with Gasteiger partial charge in [-0.1, -0.05) is 0 Å². The number of carbonyl (C=O) groups is 1. The summed E-state index contributed by atoms with van der Waals surface area (Å²) in [5.74, 6) is -0.391. The lowest BCUT2D eigenvalue weighted by Gasteiger charge is -2.28. The van der Waals surface area contributed by atoms with Crippen LogP contribution in [0.15, 0.2) is 0 Å². The molecule has 0 bridgehead atoms. The fraction of sp³-hybridized carbons (Fsp3) is 0.833. The molecule has 4 nitrogen and oxygen atoms in total. The highest BCUT2D eigenvalue weighted by Crippen LogP contribution is 2.08. The lowest BCUT2D eigenvalue weighted by Crippen LogP contribution is -2.52. The van der Waals surface area contributed by atoms with Crippen molar-refractivity contribution in [3.8, 4) is 0 Å². The summed E-state index contributed by atoms with van der Waals surface area (Å²) in [4.78, 5) is 10.7. The van der Waals surface area contributed by atoms with Gasteiger partial charge in [0.05, 0.1) is 12.1 Å². The largest absolute Gasteiger partial charge is 0.391 e. The first-order valence-electron chi connectivity index (χ1n) is 3.28. The third kappa shape index (κ3) is 1.27. The van der Waals surface area contributed by atoms with Crippen LogP contribution in [0.2, 0.25) is 0 Å². The van der Waals surface area contributed by atoms with Gasteiger partial charge in [0.1, 0.15) is 6.10 Å². The van der Waals surface area contributed by atoms with Crippen LogP contribution < -0.4 is 5.32 Å². The zero-order valence-corrected chi connectivity index (χ0v) is 5.74. The average Bonchev–Trinajstić information content (AvgIpc) is 1.84. The Morgan fingerprint density at radius 1 is 1.60 bits per heavy atom. The zero-order chi connectivity index (χ0) is 7.72. The van der Waals surface area contributed by atoms with Crippen molar-refractivity contribution in [1.82, 2.24) is 5.32 Å². The molecule has 10 heavy (non-hydrogen) atoms. The standard InChI is InChI=1S/C6H11NO3/c1-3-4(8)2-5(9)6(10)7-3/h3-5,8-9H,2H2,1H3,(H,7,10)/t3-,4-,5-/m0/s1. The maximum atomic E-state index is 10.7. The summed E-state index contributed by atoms with van der Waals surface area (Å²) in [5.41, 5.74) is 0. The Bertz CT molecular complexity index is 148. The Balaban J connectivity index is 2.54. The van der Waals surface area contributed by atoms with Crippen LogP contribution in [0.5, 0.6) is 0 Å². The van der Waals surface area contributed by atoms with Crippen LogP contribution in [0.1, 0.15) is 13.3 Å². The monoisotopic (exact) mass is 145 g/mol. The van der Waals surface area contributed by atoms with Gasteiger partial charge in [-0.15, -0.1) is 0 Å². The minimum Gasteiger partial charge on any atom is -0.391 e. The van der Waals surface area contributed by atoms with Gasteiger partial charge < -0.3 is 15.5 Å². The summed E-state index contributed by atoms with van der Waals surface area (Å²) in [5, 5.41) is 20.4. The van der Waals surface area contributed by atoms with E-state index in [0.29, 0.717) is 0 Å². The number of aliphatic hydroxyl groups is 2. The van der Waals surface area contributed by atoms with E-state index in [-0.39, 0.29) is 12.5 Å². The van der Waals surface area contributed by atoms with Crippen LogP contribution in [0, 0.1) is 0 Å². The number of hydrogen-bond acceptors (Lipinski definition) is 3. The summed E-state index contributed by atoms with van der Waals surface area (Å²) in [6, 6.07) is -0.240. The van der Waals surface area contributed by atoms with E-state index in [1.807, 2.05) is 0 Å². The Hall–Kier alpha value is -0.610. The number of piperidine rings is 1. The molecule has 4 heteroatoms. The van der Waals surface area contributed by atoms with Crippen LogP contribution in [0.3, 0.4) is 0 Å². The Kier molecular flexibility index (Phi) is 1.92. The molecule has 1 amide bonds. The first-order chi connectivity index (χ1) is 4.61. The minimum atomic E-state index is -1.04. The highest BCUT2D eigenvalue weighted by atomic mass is 16.3. The molecule has 0 unspecified atom stereocenters. The van der Waals surface area contributed by atoms with E-state index < -0.39 is 18.1 Å². The molecule has 0 aliphatic carbocycles. The quantitative estimate of drug-likeness (QED) is 0.393. The van der Waals surface area contributed by atoms with Gasteiger partial charge in [0.2, 0.25) is 5.91 Å². The molecule has 1 rings (SSSR count). The first-order valence-corrected chi connectivity index (χ1v) is 3.28. The normalized spacial score (nSPS) is 41.1. The topological polar surface area (TPSA) is 69.6 Å². The Labute approximate surface area is 58.9 Å². The second-order valence-corrected chi connectivity index (χ2v) is 2.62. The first kappa shape index (κ1) is 7.50. The summed E-state index contributed by atoms with van der Waals surface area (Å²) in [6.07, 6.45) is -1.51. The van der Waals surface area contributed by atoms with Crippen molar-refractivity contribution in [2.24, 2.45) is 0 Å². The maximum Gasteiger partial charge on any atom is 0.249 e. The van der Waals surface area contributed by atoms with Crippen molar-refractivity contribution in [1.29, 1.82) is 0 Å². The van der Waals surface area contributed by atoms with E-state index >= 15 is 0 Å². The SMILES string of the molecule is C[C@@H]1NC(=O)[C@@H](O)C[C@@H]1O. The molecule has 0 aromatic carbocycles. The highest BCUT2D eigenvalue weighted by Gasteiger charge is 2.30. The van der Waals surface area contributed by atoms with E-state index in [2.05, 4.69) is 5.32 Å². The summed E-state index contributed by atoms with van der Waals surface area (Å²) in [7, 11) is 0. The van der Waals surface area contributed by atoms with Gasteiger partial charge in [-0.3, -0.25) is 4.79 Å². The van der Waals surface area contributed by atoms with Gasteiger partial charge in [0, 0.05) is 6.42 Å². The molecule has 3 N–H and O–H groups in total. The summed E-state index contributed by atoms with van der Waals surface area (Å²) < 4.78 is 0. The molecule has 1 heterocycles. The molecule has 1 aliphatic rings. The smallest absolute Gasteiger partial charge is 0.249 e. The van der Waals surface area contributed by atoms with Gasteiger partial charge in [-0.25, -0.2) is 0 Å². The van der Waals surface area contributed by atoms with Crippen molar-refractivity contribution in [2.75, 3.05) is 0 Å². The van der Waals surface area contributed by atoms with Gasteiger partial charge in [-0.05, 0) is 6.92 Å². The molecule has 1 saturated heterocycles. The number of rotatable bonds is 0. The molecule has 0 aromatic heterocycles. The number of carbonyl (C=O) groups excluding carboxylic acids is 1. The number of amides is 1. The third-order valence-electron chi connectivity index (χ3n) is 1.71. The van der Waals surface area contributed by atoms with E-state index in [4.69, 9.17) is 10.2 Å². The molecular formula is C6H11NO3. The van der Waals surface area contributed by atoms with Crippen LogP contribution in [-0.2, 0) is 4.79 Å². The number of hydrogen-bond donors (Lipinski definition) is 3. The molecule has 1 aliphatic heterocycles. The van der Waals surface area contributed by atoms with Crippen molar-refractivity contribution in [3.05, 3.63) is 0 Å². The molecule has 1 fully saturated rings. The van der Waals surface area contributed by atoms with Crippen LogP contribution in [0.4, 0.5) is 0 Å². The van der Waals surface area contributed by atoms with Gasteiger partial charge in [0.15, 0.2) is 0 Å². The fourth-order valence-corrected chi connectivity index (χ4v) is 0.957. The lowest BCUT2D eigenvalue weighted by molar-refractivity contribution is -0.136. The second kappa shape index (κ2) is 2.56. The van der Waals surface area contributed by atoms with E-state index in [9.17, 15) is 4.79 Å². The van der Waals surface area contributed by atoms with Crippen LogP contribution >= 0.6 is 0 Å². The zero-order valence-electron chi connectivity index (χ0n) is 5.74. The molecular weight excluding hydrogens is 134 g/mol. The van der Waals surface area contributed by atoms with Gasteiger partial charge in [-0.2, -0.15) is 0 Å². The summed E-state index contributed by atoms with van der Waals surface area (Å²) in [6.45, 7) is 1.70. The molecule has 0 radical (unpaired) electrons. The van der Waals surface area contributed by atoms with Crippen molar-refractivity contribution >= 4 is 5.91 Å². The van der Waals surface area contributed by atoms with Gasteiger partial charge in [0.25, 0.3) is 0 Å². The van der Waals surface area contributed by atoms with Gasteiger partial charge >= 0.3 is 0 Å². The minimum absolute atomic E-state index is 0.146. The number of nitrogens with one attached hydrogen (secondary N) is 1. The highest BCUT2D eigenvalue weighted by molar-refractivity contribution is 5.81. The predicted molar refractivity (Wildman–Crippen MR) is 34.2 cm³/mol.